The molecule has 4 rings (SSSR count). The van der Waals surface area contributed by atoms with E-state index in [1.54, 1.807) is 0 Å². The van der Waals surface area contributed by atoms with E-state index in [9.17, 15) is 9.59 Å². The molecule has 3 fully saturated rings. The number of hydrogen-bond acceptors (Lipinski definition) is 3. The van der Waals surface area contributed by atoms with Crippen LogP contribution in [0.2, 0.25) is 0 Å². The predicted molar refractivity (Wildman–Crippen MR) is 95.3 cm³/mol. The maximum Gasteiger partial charge on any atom is 0.261 e. The molecule has 2 amide bonds. The summed E-state index contributed by atoms with van der Waals surface area (Å²) >= 11 is 0. The number of rotatable bonds is 2. The zero-order valence-corrected chi connectivity index (χ0v) is 14.7. The molecule has 1 unspecified atom stereocenters. The van der Waals surface area contributed by atoms with E-state index in [-0.39, 0.29) is 17.7 Å². The van der Waals surface area contributed by atoms with Gasteiger partial charge in [0.25, 0.3) is 5.91 Å². The van der Waals surface area contributed by atoms with Gasteiger partial charge in [-0.2, -0.15) is 0 Å². The molecule has 2 saturated heterocycles. The van der Waals surface area contributed by atoms with Gasteiger partial charge in [0, 0.05) is 24.7 Å². The Bertz CT molecular complexity index is 644. The summed E-state index contributed by atoms with van der Waals surface area (Å²) in [6, 6.07) is 9.80. The molecule has 134 valence electrons. The Morgan fingerprint density at radius 2 is 1.88 bits per heavy atom. The first-order valence-corrected chi connectivity index (χ1v) is 9.49. The number of carbonyl (C=O) groups is 2. The smallest absolute Gasteiger partial charge is 0.261 e. The molecule has 2 aliphatic heterocycles. The van der Waals surface area contributed by atoms with Crippen LogP contribution in [-0.2, 0) is 14.3 Å². The van der Waals surface area contributed by atoms with Gasteiger partial charge in [0.2, 0.25) is 5.91 Å². The van der Waals surface area contributed by atoms with Gasteiger partial charge in [-0.15, -0.1) is 0 Å². The second-order valence-electron chi connectivity index (χ2n) is 7.48. The SMILES string of the molecule is O=C(C1CCC1)N1CCOC2(CCCCN(c3ccccc3)C2=O)C1. The molecule has 5 heteroatoms. The summed E-state index contributed by atoms with van der Waals surface area (Å²) in [5, 5.41) is 0. The summed E-state index contributed by atoms with van der Waals surface area (Å²) in [4.78, 5) is 29.8. The van der Waals surface area contributed by atoms with Crippen LogP contribution in [0.15, 0.2) is 30.3 Å². The molecule has 5 nitrogen and oxygen atoms in total. The van der Waals surface area contributed by atoms with Crippen LogP contribution >= 0.6 is 0 Å². The van der Waals surface area contributed by atoms with Crippen molar-refractivity contribution in [1.29, 1.82) is 0 Å². The average molecular weight is 342 g/mol. The van der Waals surface area contributed by atoms with E-state index in [0.717, 1.165) is 37.8 Å². The van der Waals surface area contributed by atoms with Crippen LogP contribution in [0.3, 0.4) is 0 Å². The standard InChI is InChI=1S/C20H26N2O3/c23-18(16-7-6-8-16)21-13-14-25-20(15-21)11-4-5-12-22(19(20)24)17-9-2-1-3-10-17/h1-3,9-10,16H,4-8,11-15H2. The van der Waals surface area contributed by atoms with E-state index in [4.69, 9.17) is 4.74 Å². The number of benzene rings is 1. The van der Waals surface area contributed by atoms with Crippen molar-refractivity contribution in [1.82, 2.24) is 4.90 Å². The van der Waals surface area contributed by atoms with Gasteiger partial charge in [0.1, 0.15) is 0 Å². The van der Waals surface area contributed by atoms with Gasteiger partial charge < -0.3 is 14.5 Å². The normalized spacial score (nSPS) is 27.9. The molecule has 0 N–H and O–H groups in total. The lowest BCUT2D eigenvalue weighted by atomic mass is 9.83. The largest absolute Gasteiger partial charge is 0.361 e. The van der Waals surface area contributed by atoms with Crippen molar-refractivity contribution in [2.75, 3.05) is 31.1 Å². The molecule has 1 saturated carbocycles. The van der Waals surface area contributed by atoms with Crippen molar-refractivity contribution in [2.24, 2.45) is 5.92 Å². The fraction of sp³-hybridized carbons (Fsp3) is 0.600. The maximum atomic E-state index is 13.4. The van der Waals surface area contributed by atoms with Gasteiger partial charge >= 0.3 is 0 Å². The summed E-state index contributed by atoms with van der Waals surface area (Å²) in [6.45, 7) is 2.18. The van der Waals surface area contributed by atoms with Crippen molar-refractivity contribution >= 4 is 17.5 Å². The van der Waals surface area contributed by atoms with Gasteiger partial charge in [-0.05, 0) is 44.2 Å². The topological polar surface area (TPSA) is 49.9 Å². The Kier molecular flexibility index (Phi) is 4.50. The molecule has 1 aromatic rings. The van der Waals surface area contributed by atoms with Crippen molar-refractivity contribution in [3.63, 3.8) is 0 Å². The third-order valence-corrected chi connectivity index (χ3v) is 5.87. The summed E-state index contributed by atoms with van der Waals surface area (Å²) in [5.74, 6) is 0.404. The van der Waals surface area contributed by atoms with Crippen LogP contribution in [-0.4, -0.2) is 48.6 Å². The van der Waals surface area contributed by atoms with Crippen molar-refractivity contribution in [2.45, 2.75) is 44.1 Å². The van der Waals surface area contributed by atoms with Crippen LogP contribution < -0.4 is 4.90 Å². The van der Waals surface area contributed by atoms with E-state index < -0.39 is 5.60 Å². The highest BCUT2D eigenvalue weighted by molar-refractivity contribution is 6.00. The Balaban J connectivity index is 1.57. The Morgan fingerprint density at radius 1 is 1.08 bits per heavy atom. The first kappa shape index (κ1) is 16.6. The van der Waals surface area contributed by atoms with E-state index in [0.29, 0.717) is 32.7 Å². The zero-order chi connectivity index (χ0) is 17.3. The van der Waals surface area contributed by atoms with Crippen molar-refractivity contribution < 1.29 is 14.3 Å². The molecule has 1 atom stereocenters. The molecule has 2 heterocycles. The Labute approximate surface area is 148 Å². The molecule has 1 spiro atoms. The number of carbonyl (C=O) groups excluding carboxylic acids is 2. The fourth-order valence-electron chi connectivity index (χ4n) is 4.16. The minimum absolute atomic E-state index is 0.0160. The minimum Gasteiger partial charge on any atom is -0.361 e. The second kappa shape index (κ2) is 6.79. The number of amides is 2. The van der Waals surface area contributed by atoms with E-state index in [1.165, 1.54) is 0 Å². The summed E-state index contributed by atoms with van der Waals surface area (Å²) < 4.78 is 6.08. The predicted octanol–water partition coefficient (Wildman–Crippen LogP) is 2.60. The van der Waals surface area contributed by atoms with E-state index >= 15 is 0 Å². The summed E-state index contributed by atoms with van der Waals surface area (Å²) in [6.07, 6.45) is 5.74. The van der Waals surface area contributed by atoms with Crippen LogP contribution in [0.5, 0.6) is 0 Å². The number of morpholine rings is 1. The lowest BCUT2D eigenvalue weighted by Gasteiger charge is -2.44. The lowest BCUT2D eigenvalue weighted by Crippen LogP contribution is -2.62. The van der Waals surface area contributed by atoms with E-state index in [2.05, 4.69) is 0 Å². The number of nitrogens with zero attached hydrogens (tertiary/aromatic N) is 2. The number of hydrogen-bond donors (Lipinski definition) is 0. The van der Waals surface area contributed by atoms with Crippen LogP contribution in [0.1, 0.15) is 38.5 Å². The second-order valence-corrected chi connectivity index (χ2v) is 7.48. The van der Waals surface area contributed by atoms with Gasteiger partial charge in [-0.1, -0.05) is 24.6 Å². The van der Waals surface area contributed by atoms with Gasteiger partial charge in [0.15, 0.2) is 5.60 Å². The average Bonchev–Trinajstić information content (AvgIpc) is 2.75. The first-order chi connectivity index (χ1) is 12.2. The fourth-order valence-corrected chi connectivity index (χ4v) is 4.16. The highest BCUT2D eigenvalue weighted by Crippen LogP contribution is 2.34. The Hall–Kier alpha value is -1.88. The molecular weight excluding hydrogens is 316 g/mol. The zero-order valence-electron chi connectivity index (χ0n) is 14.7. The van der Waals surface area contributed by atoms with Crippen LogP contribution in [0, 0.1) is 5.92 Å². The third kappa shape index (κ3) is 3.06. The highest BCUT2D eigenvalue weighted by Gasteiger charge is 2.48. The molecule has 0 radical (unpaired) electrons. The number of anilines is 1. The molecule has 0 aromatic heterocycles. The first-order valence-electron chi connectivity index (χ1n) is 9.49. The number of ether oxygens (including phenoxy) is 1. The quantitative estimate of drug-likeness (QED) is 0.830. The molecular formula is C20H26N2O3. The van der Waals surface area contributed by atoms with Gasteiger partial charge in [-0.3, -0.25) is 9.59 Å². The highest BCUT2D eigenvalue weighted by atomic mass is 16.5. The number of para-hydroxylation sites is 1. The molecule has 1 aliphatic carbocycles. The van der Waals surface area contributed by atoms with Gasteiger partial charge in [-0.25, -0.2) is 0 Å². The maximum absolute atomic E-state index is 13.4. The minimum atomic E-state index is -0.871. The molecule has 3 aliphatic rings. The summed E-state index contributed by atoms with van der Waals surface area (Å²) in [5.41, 5.74) is 0.0455. The molecule has 0 bridgehead atoms. The molecule has 1 aromatic carbocycles. The third-order valence-electron chi connectivity index (χ3n) is 5.87. The Morgan fingerprint density at radius 3 is 2.60 bits per heavy atom. The van der Waals surface area contributed by atoms with Crippen molar-refractivity contribution in [3.8, 4) is 0 Å². The van der Waals surface area contributed by atoms with Crippen LogP contribution in [0.25, 0.3) is 0 Å². The lowest BCUT2D eigenvalue weighted by molar-refractivity contribution is -0.167. The summed E-state index contributed by atoms with van der Waals surface area (Å²) in [7, 11) is 0. The van der Waals surface area contributed by atoms with Gasteiger partial charge in [0.05, 0.1) is 13.2 Å². The monoisotopic (exact) mass is 342 g/mol. The molecule has 25 heavy (non-hydrogen) atoms. The van der Waals surface area contributed by atoms with Crippen LogP contribution in [0.4, 0.5) is 5.69 Å². The van der Waals surface area contributed by atoms with Crippen molar-refractivity contribution in [3.05, 3.63) is 30.3 Å². The van der Waals surface area contributed by atoms with E-state index in [1.807, 2.05) is 40.1 Å².